The van der Waals surface area contributed by atoms with Crippen molar-refractivity contribution in [2.75, 3.05) is 5.32 Å². The second-order valence-corrected chi connectivity index (χ2v) is 7.09. The summed E-state index contributed by atoms with van der Waals surface area (Å²) in [4.78, 5) is 9.18. The molecule has 0 spiro atoms. The average Bonchev–Trinajstić information content (AvgIpc) is 2.60. The summed E-state index contributed by atoms with van der Waals surface area (Å²) in [6.45, 7) is 0. The Morgan fingerprint density at radius 2 is 2.09 bits per heavy atom. The van der Waals surface area contributed by atoms with Crippen LogP contribution in [0.2, 0.25) is 12.6 Å². The van der Waals surface area contributed by atoms with Crippen molar-refractivity contribution in [3.8, 4) is 11.1 Å². The van der Waals surface area contributed by atoms with Crippen LogP contribution in [-0.2, 0) is 6.42 Å². The smallest absolute Gasteiger partial charge is 0.126 e. The van der Waals surface area contributed by atoms with Crippen molar-refractivity contribution in [2.45, 2.75) is 50.8 Å². The molecule has 2 atom stereocenters. The van der Waals surface area contributed by atoms with Crippen LogP contribution in [-0.4, -0.2) is 23.3 Å². The molecule has 5 rings (SSSR count). The van der Waals surface area contributed by atoms with E-state index in [4.69, 9.17) is 0 Å². The first-order chi connectivity index (χ1) is 11.4. The third-order valence-corrected chi connectivity index (χ3v) is 5.35. The Balaban J connectivity index is 1.64. The first kappa shape index (κ1) is 14.7. The maximum atomic E-state index is 4.65. The molecule has 1 N–H and O–H groups in total. The molecule has 3 nitrogen and oxygen atoms in total. The Labute approximate surface area is 139 Å². The van der Waals surface area contributed by atoms with Crippen LogP contribution < -0.4 is 5.32 Å². The van der Waals surface area contributed by atoms with Gasteiger partial charge in [0.15, 0.2) is 0 Å². The third-order valence-electron chi connectivity index (χ3n) is 5.35. The topological polar surface area (TPSA) is 37.8 Å². The van der Waals surface area contributed by atoms with Crippen LogP contribution in [0, 0.1) is 5.92 Å². The number of aromatic nitrogens is 2. The van der Waals surface area contributed by atoms with E-state index in [0.717, 1.165) is 18.2 Å². The highest BCUT2D eigenvalue weighted by molar-refractivity contribution is 6.35. The number of hydrogen-bond acceptors (Lipinski definition) is 3. The monoisotopic (exact) mass is 305 g/mol. The molecule has 6 bridgehead atoms. The van der Waals surface area contributed by atoms with E-state index < -0.39 is 0 Å². The zero-order valence-electron chi connectivity index (χ0n) is 13.7. The average molecular weight is 305 g/mol. The number of aryl methyl sites for hydroxylation is 1. The molecular formula is C19H24BN3. The summed E-state index contributed by atoms with van der Waals surface area (Å²) in [5, 5.41) is 3.68. The fourth-order valence-corrected chi connectivity index (χ4v) is 4.06. The van der Waals surface area contributed by atoms with Crippen molar-refractivity contribution in [1.29, 1.82) is 0 Å². The predicted octanol–water partition coefficient (Wildman–Crippen LogP) is 3.94. The van der Waals surface area contributed by atoms with E-state index in [-0.39, 0.29) is 0 Å². The van der Waals surface area contributed by atoms with Gasteiger partial charge in [-0.15, -0.1) is 0 Å². The van der Waals surface area contributed by atoms with Crippen molar-refractivity contribution in [3.63, 3.8) is 0 Å². The minimum absolute atomic E-state index is 0.585. The second kappa shape index (κ2) is 6.73. The molecule has 4 heterocycles. The SMILES string of the molecule is B1CCc2ccc(cn2)-c2ccnc(c2)NC2CCCC(C1)C2. The lowest BCUT2D eigenvalue weighted by molar-refractivity contribution is 0.357. The minimum atomic E-state index is 0.585. The first-order valence-electron chi connectivity index (χ1n) is 9.05. The van der Waals surface area contributed by atoms with E-state index in [9.17, 15) is 0 Å². The molecule has 2 aromatic heterocycles. The number of nitrogens with zero attached hydrogens (tertiary/aromatic N) is 2. The Morgan fingerprint density at radius 1 is 1.09 bits per heavy atom. The van der Waals surface area contributed by atoms with Crippen molar-refractivity contribution in [3.05, 3.63) is 42.4 Å². The molecule has 4 heteroatoms. The normalized spacial score (nSPS) is 24.0. The molecule has 1 aliphatic carbocycles. The van der Waals surface area contributed by atoms with Crippen LogP contribution in [0.1, 0.15) is 31.4 Å². The number of hydrogen-bond donors (Lipinski definition) is 1. The van der Waals surface area contributed by atoms with Gasteiger partial charge in [0, 0.05) is 29.7 Å². The fraction of sp³-hybridized carbons (Fsp3) is 0.474. The van der Waals surface area contributed by atoms with Gasteiger partial charge in [-0.25, -0.2) is 4.98 Å². The van der Waals surface area contributed by atoms with E-state index in [2.05, 4.69) is 39.6 Å². The molecule has 23 heavy (non-hydrogen) atoms. The Hall–Kier alpha value is -1.84. The van der Waals surface area contributed by atoms with Crippen LogP contribution in [0.15, 0.2) is 36.7 Å². The summed E-state index contributed by atoms with van der Waals surface area (Å²) in [6, 6.07) is 9.20. The van der Waals surface area contributed by atoms with E-state index in [1.807, 2.05) is 12.4 Å². The molecule has 2 aromatic rings. The number of fused-ring (bicyclic) bond motifs is 5. The van der Waals surface area contributed by atoms with Gasteiger partial charge in [-0.1, -0.05) is 31.5 Å². The van der Waals surface area contributed by atoms with Crippen LogP contribution in [0.5, 0.6) is 0 Å². The van der Waals surface area contributed by atoms with Gasteiger partial charge < -0.3 is 5.32 Å². The van der Waals surface area contributed by atoms with E-state index in [0.29, 0.717) is 6.04 Å². The summed E-state index contributed by atoms with van der Waals surface area (Å²) < 4.78 is 0. The van der Waals surface area contributed by atoms with Gasteiger partial charge in [0.2, 0.25) is 0 Å². The molecule has 118 valence electrons. The Morgan fingerprint density at radius 3 is 3.00 bits per heavy atom. The highest BCUT2D eigenvalue weighted by Crippen LogP contribution is 2.30. The lowest BCUT2D eigenvalue weighted by atomic mass is 9.63. The van der Waals surface area contributed by atoms with Crippen molar-refractivity contribution < 1.29 is 0 Å². The molecular weight excluding hydrogens is 281 g/mol. The van der Waals surface area contributed by atoms with Gasteiger partial charge in [-0.3, -0.25) is 4.98 Å². The quantitative estimate of drug-likeness (QED) is 0.749. The lowest BCUT2D eigenvalue weighted by Crippen LogP contribution is -2.28. The predicted molar refractivity (Wildman–Crippen MR) is 97.3 cm³/mol. The molecule has 3 aliphatic rings. The van der Waals surface area contributed by atoms with Crippen molar-refractivity contribution >= 4 is 13.1 Å². The summed E-state index contributed by atoms with van der Waals surface area (Å²) >= 11 is 0. The number of anilines is 1. The van der Waals surface area contributed by atoms with Crippen LogP contribution in [0.3, 0.4) is 0 Å². The minimum Gasteiger partial charge on any atom is -0.367 e. The molecule has 1 fully saturated rings. The highest BCUT2D eigenvalue weighted by Gasteiger charge is 2.22. The zero-order valence-corrected chi connectivity index (χ0v) is 13.7. The van der Waals surface area contributed by atoms with Gasteiger partial charge in [-0.05, 0) is 48.9 Å². The van der Waals surface area contributed by atoms with E-state index >= 15 is 0 Å². The zero-order chi connectivity index (χ0) is 15.5. The number of rotatable bonds is 0. The second-order valence-electron chi connectivity index (χ2n) is 7.09. The third kappa shape index (κ3) is 3.57. The summed E-state index contributed by atoms with van der Waals surface area (Å²) in [5.41, 5.74) is 3.59. The van der Waals surface area contributed by atoms with Gasteiger partial charge in [0.1, 0.15) is 13.1 Å². The summed E-state index contributed by atoms with van der Waals surface area (Å²) in [7, 11) is 1.33. The van der Waals surface area contributed by atoms with E-state index in [1.54, 1.807) is 0 Å². The van der Waals surface area contributed by atoms with E-state index in [1.165, 1.54) is 62.4 Å². The van der Waals surface area contributed by atoms with Crippen LogP contribution in [0.4, 0.5) is 5.82 Å². The largest absolute Gasteiger partial charge is 0.367 e. The standard InChI is InChI=1S/C19H24BN3/c1-2-14-10-18(3-1)23-19-11-15(7-9-21-19)16-4-5-17(22-13-16)6-8-20-12-14/h4-5,7,9,11,13-14,18,20H,1-3,6,8,10,12H2,(H,21,23). The summed E-state index contributed by atoms with van der Waals surface area (Å²) in [5.74, 6) is 1.89. The Kier molecular flexibility index (Phi) is 4.31. The van der Waals surface area contributed by atoms with Gasteiger partial charge in [-0.2, -0.15) is 0 Å². The van der Waals surface area contributed by atoms with Crippen LogP contribution in [0.25, 0.3) is 11.1 Å². The van der Waals surface area contributed by atoms with Gasteiger partial charge in [0.25, 0.3) is 0 Å². The number of pyridine rings is 2. The molecule has 1 saturated carbocycles. The van der Waals surface area contributed by atoms with Crippen LogP contribution >= 0.6 is 0 Å². The maximum absolute atomic E-state index is 4.65. The highest BCUT2D eigenvalue weighted by atomic mass is 15.0. The van der Waals surface area contributed by atoms with Gasteiger partial charge in [0.05, 0.1) is 0 Å². The van der Waals surface area contributed by atoms with Gasteiger partial charge >= 0.3 is 0 Å². The maximum Gasteiger partial charge on any atom is 0.126 e. The molecule has 2 unspecified atom stereocenters. The Bertz CT molecular complexity index is 656. The lowest BCUT2D eigenvalue weighted by Gasteiger charge is -2.30. The first-order valence-corrected chi connectivity index (χ1v) is 9.05. The molecule has 0 amide bonds. The number of nitrogens with one attached hydrogen (secondary N) is 1. The molecule has 2 aliphatic heterocycles. The summed E-state index contributed by atoms with van der Waals surface area (Å²) in [6.07, 6.45) is 13.0. The molecule has 0 aromatic carbocycles. The molecule has 0 radical (unpaired) electrons. The molecule has 0 saturated heterocycles. The van der Waals surface area contributed by atoms with Crippen molar-refractivity contribution in [1.82, 2.24) is 9.97 Å². The fourth-order valence-electron chi connectivity index (χ4n) is 4.06. The van der Waals surface area contributed by atoms with Crippen molar-refractivity contribution in [2.24, 2.45) is 5.92 Å².